The van der Waals surface area contributed by atoms with Crippen molar-refractivity contribution in [2.75, 3.05) is 26.4 Å². The molecule has 4 N–H and O–H groups in total. The summed E-state index contributed by atoms with van der Waals surface area (Å²) in [6.07, 6.45) is 12.8. The summed E-state index contributed by atoms with van der Waals surface area (Å²) in [6, 6.07) is 16.0. The van der Waals surface area contributed by atoms with E-state index in [0.717, 1.165) is 110 Å². The number of unbranched alkanes of at least 4 members (excludes halogenated alkanes) is 10. The van der Waals surface area contributed by atoms with E-state index in [2.05, 4.69) is 0 Å². The molecule has 0 aromatic heterocycles. The molecule has 0 bridgehead atoms. The predicted octanol–water partition coefficient (Wildman–Crippen LogP) is 6.92. The lowest BCUT2D eigenvalue weighted by atomic mass is 10.0. The molecule has 6 heteroatoms. The molecular weight excluding hydrogens is 504 g/mol. The molecule has 0 aliphatic carbocycles. The fourth-order valence-electron chi connectivity index (χ4n) is 5.28. The maximum atomic E-state index is 10.6. The van der Waals surface area contributed by atoms with Crippen molar-refractivity contribution in [1.29, 1.82) is 0 Å². The van der Waals surface area contributed by atoms with E-state index < -0.39 is 12.2 Å². The lowest BCUT2D eigenvalue weighted by Crippen LogP contribution is -2.18. The highest BCUT2D eigenvalue weighted by Crippen LogP contribution is 2.42. The first-order chi connectivity index (χ1) is 19.7. The molecule has 0 saturated carbocycles. The summed E-state index contributed by atoms with van der Waals surface area (Å²) in [4.78, 5) is 0. The van der Waals surface area contributed by atoms with Gasteiger partial charge in [0.1, 0.15) is 24.7 Å². The Balaban J connectivity index is 1.60. The standard InChI is InChI=1S/C34H50O6/c35-23-15-7-3-1-5-9-17-27(37)25-39-33-29-19-11-13-21-31(29)34(32-22-14-12-20-30(32)33)40-26-28(38)18-10-6-2-4-8-16-24-36/h11-14,19-22,27-28,35-38H,1-10,15-18,23-26H2. The van der Waals surface area contributed by atoms with Crippen LogP contribution in [0.3, 0.4) is 0 Å². The maximum Gasteiger partial charge on any atom is 0.135 e. The van der Waals surface area contributed by atoms with Gasteiger partial charge in [-0.2, -0.15) is 0 Å². The normalized spacial score (nSPS) is 13.1. The van der Waals surface area contributed by atoms with Gasteiger partial charge < -0.3 is 29.9 Å². The van der Waals surface area contributed by atoms with Gasteiger partial charge in [0.15, 0.2) is 0 Å². The molecule has 2 atom stereocenters. The first-order valence-corrected chi connectivity index (χ1v) is 15.4. The second kappa shape index (κ2) is 18.9. The second-order valence-electron chi connectivity index (χ2n) is 10.9. The van der Waals surface area contributed by atoms with Crippen LogP contribution >= 0.6 is 0 Å². The Bertz CT molecular complexity index is 957. The van der Waals surface area contributed by atoms with Crippen molar-refractivity contribution in [3.8, 4) is 11.5 Å². The van der Waals surface area contributed by atoms with Crippen LogP contribution in [0, 0.1) is 0 Å². The number of ether oxygens (including phenoxy) is 2. The average Bonchev–Trinajstić information content (AvgIpc) is 2.97. The number of aliphatic hydroxyl groups is 4. The molecule has 40 heavy (non-hydrogen) atoms. The minimum absolute atomic E-state index is 0.234. The Morgan fingerprint density at radius 2 is 0.750 bits per heavy atom. The second-order valence-corrected chi connectivity index (χ2v) is 10.9. The maximum absolute atomic E-state index is 10.6. The molecule has 0 fully saturated rings. The Labute approximate surface area is 239 Å². The molecule has 3 rings (SSSR count). The number of hydrogen-bond acceptors (Lipinski definition) is 6. The largest absolute Gasteiger partial charge is 0.490 e. The van der Waals surface area contributed by atoms with Crippen LogP contribution in [0.5, 0.6) is 11.5 Å². The average molecular weight is 555 g/mol. The van der Waals surface area contributed by atoms with E-state index in [9.17, 15) is 10.2 Å². The highest BCUT2D eigenvalue weighted by molar-refractivity contribution is 6.11. The number of benzene rings is 3. The van der Waals surface area contributed by atoms with Gasteiger partial charge >= 0.3 is 0 Å². The van der Waals surface area contributed by atoms with Crippen molar-refractivity contribution in [2.24, 2.45) is 0 Å². The minimum atomic E-state index is -0.532. The predicted molar refractivity (Wildman–Crippen MR) is 163 cm³/mol. The van der Waals surface area contributed by atoms with Gasteiger partial charge in [-0.3, -0.25) is 0 Å². The SMILES string of the molecule is OCCCCCCCCC(O)COc1c2ccccc2c(OCC(O)CCCCCCCCO)c2ccccc12. The van der Waals surface area contributed by atoms with Crippen LogP contribution in [-0.2, 0) is 0 Å². The van der Waals surface area contributed by atoms with E-state index in [1.807, 2.05) is 48.5 Å². The smallest absolute Gasteiger partial charge is 0.135 e. The van der Waals surface area contributed by atoms with E-state index in [1.165, 1.54) is 0 Å². The van der Waals surface area contributed by atoms with Crippen LogP contribution in [0.15, 0.2) is 48.5 Å². The van der Waals surface area contributed by atoms with Crippen LogP contribution in [0.1, 0.15) is 89.9 Å². The van der Waals surface area contributed by atoms with E-state index in [4.69, 9.17) is 19.7 Å². The molecule has 2 unspecified atom stereocenters. The van der Waals surface area contributed by atoms with Gasteiger partial charge in [-0.05, 0) is 25.7 Å². The van der Waals surface area contributed by atoms with Crippen LogP contribution in [0.2, 0.25) is 0 Å². The molecule has 0 saturated heterocycles. The third-order valence-corrected chi connectivity index (χ3v) is 7.56. The van der Waals surface area contributed by atoms with Crippen LogP contribution < -0.4 is 9.47 Å². The van der Waals surface area contributed by atoms with Crippen molar-refractivity contribution in [3.63, 3.8) is 0 Å². The first-order valence-electron chi connectivity index (χ1n) is 15.4. The zero-order valence-electron chi connectivity index (χ0n) is 24.1. The summed E-state index contributed by atoms with van der Waals surface area (Å²) in [5.74, 6) is 1.51. The topological polar surface area (TPSA) is 99.4 Å². The van der Waals surface area contributed by atoms with E-state index in [-0.39, 0.29) is 26.4 Å². The molecule has 0 radical (unpaired) electrons. The Morgan fingerprint density at radius 1 is 0.450 bits per heavy atom. The highest BCUT2D eigenvalue weighted by Gasteiger charge is 2.18. The molecule has 0 aliphatic heterocycles. The van der Waals surface area contributed by atoms with Gasteiger partial charge in [0.2, 0.25) is 0 Å². The number of hydrogen-bond donors (Lipinski definition) is 4. The number of aliphatic hydroxyl groups excluding tert-OH is 4. The summed E-state index contributed by atoms with van der Waals surface area (Å²) in [5, 5.41) is 42.7. The van der Waals surface area contributed by atoms with Gasteiger partial charge in [-0.25, -0.2) is 0 Å². The van der Waals surface area contributed by atoms with Gasteiger partial charge in [-0.15, -0.1) is 0 Å². The van der Waals surface area contributed by atoms with Crippen LogP contribution in [-0.4, -0.2) is 59.1 Å². The Hall–Kier alpha value is -2.38. The van der Waals surface area contributed by atoms with Crippen molar-refractivity contribution in [2.45, 2.75) is 102 Å². The molecule has 0 amide bonds. The Kier molecular flexibility index (Phi) is 15.2. The molecule has 3 aromatic carbocycles. The molecule has 222 valence electrons. The fourth-order valence-corrected chi connectivity index (χ4v) is 5.28. The Morgan fingerprint density at radius 3 is 1.07 bits per heavy atom. The zero-order chi connectivity index (χ0) is 28.4. The van der Waals surface area contributed by atoms with Gasteiger partial charge in [0.05, 0.1) is 12.2 Å². The van der Waals surface area contributed by atoms with Crippen molar-refractivity contribution in [3.05, 3.63) is 48.5 Å². The molecule has 0 spiro atoms. The quantitative estimate of drug-likeness (QED) is 0.0795. The van der Waals surface area contributed by atoms with Crippen molar-refractivity contribution < 1.29 is 29.9 Å². The molecule has 0 aliphatic rings. The van der Waals surface area contributed by atoms with Crippen LogP contribution in [0.4, 0.5) is 0 Å². The van der Waals surface area contributed by atoms with Crippen molar-refractivity contribution >= 4 is 21.5 Å². The van der Waals surface area contributed by atoms with Gasteiger partial charge in [-0.1, -0.05) is 113 Å². The molecular formula is C34H50O6. The zero-order valence-corrected chi connectivity index (χ0v) is 24.1. The molecule has 0 heterocycles. The summed E-state index contributed by atoms with van der Waals surface area (Å²) in [7, 11) is 0. The monoisotopic (exact) mass is 554 g/mol. The fraction of sp³-hybridized carbons (Fsp3) is 0.588. The summed E-state index contributed by atoms with van der Waals surface area (Å²) in [6.45, 7) is 0.999. The number of rotatable bonds is 22. The van der Waals surface area contributed by atoms with Gasteiger partial charge in [0.25, 0.3) is 0 Å². The lowest BCUT2D eigenvalue weighted by Gasteiger charge is -2.20. The third-order valence-electron chi connectivity index (χ3n) is 7.56. The lowest BCUT2D eigenvalue weighted by molar-refractivity contribution is 0.0978. The van der Waals surface area contributed by atoms with Crippen molar-refractivity contribution in [1.82, 2.24) is 0 Å². The van der Waals surface area contributed by atoms with Crippen LogP contribution in [0.25, 0.3) is 21.5 Å². The summed E-state index contributed by atoms with van der Waals surface area (Å²) in [5.41, 5.74) is 0. The highest BCUT2D eigenvalue weighted by atomic mass is 16.5. The van der Waals surface area contributed by atoms with E-state index in [0.29, 0.717) is 12.8 Å². The number of fused-ring (bicyclic) bond motifs is 2. The third kappa shape index (κ3) is 10.5. The summed E-state index contributed by atoms with van der Waals surface area (Å²) >= 11 is 0. The molecule has 6 nitrogen and oxygen atoms in total. The van der Waals surface area contributed by atoms with E-state index in [1.54, 1.807) is 0 Å². The summed E-state index contributed by atoms with van der Waals surface area (Å²) < 4.78 is 12.6. The molecule has 3 aromatic rings. The van der Waals surface area contributed by atoms with Gasteiger partial charge in [0, 0.05) is 34.8 Å². The first kappa shape index (κ1) is 32.1. The van der Waals surface area contributed by atoms with E-state index >= 15 is 0 Å². The minimum Gasteiger partial charge on any atom is -0.490 e.